The van der Waals surface area contributed by atoms with Gasteiger partial charge in [-0.05, 0) is 36.6 Å². The topological polar surface area (TPSA) is 127 Å². The molecule has 2 heterocycles. The normalized spacial score (nSPS) is 11.8. The Kier molecular flexibility index (Phi) is 6.68. The molecule has 0 saturated heterocycles. The molecule has 0 unspecified atom stereocenters. The highest BCUT2D eigenvalue weighted by atomic mass is 32.2. The third kappa shape index (κ3) is 4.38. The zero-order valence-corrected chi connectivity index (χ0v) is 19.4. The van der Waals surface area contributed by atoms with E-state index in [1.54, 1.807) is 36.1 Å². The van der Waals surface area contributed by atoms with Crippen molar-refractivity contribution in [3.8, 4) is 11.3 Å². The molecule has 0 aliphatic heterocycles. The van der Waals surface area contributed by atoms with Gasteiger partial charge in [0.1, 0.15) is 0 Å². The molecule has 1 amide bonds. The number of aromatic amines is 1. The fraction of sp³-hybridized carbons (Fsp3) is 0.429. The Bertz CT molecular complexity index is 1380. The largest absolute Gasteiger partial charge is 0.349 e. The Labute approximate surface area is 185 Å². The van der Waals surface area contributed by atoms with E-state index >= 15 is 0 Å². The van der Waals surface area contributed by atoms with Gasteiger partial charge >= 0.3 is 5.69 Å². The molecule has 11 heteroatoms. The lowest BCUT2D eigenvalue weighted by Crippen LogP contribution is -2.55. The predicted octanol–water partition coefficient (Wildman–Crippen LogP) is 1.66. The molecule has 32 heavy (non-hydrogen) atoms. The smallest absolute Gasteiger partial charge is 0.305 e. The highest BCUT2D eigenvalue weighted by Crippen LogP contribution is 2.26. The van der Waals surface area contributed by atoms with Crippen LogP contribution in [-0.2, 0) is 28.3 Å². The molecule has 172 valence electrons. The van der Waals surface area contributed by atoms with E-state index in [1.807, 2.05) is 13.8 Å². The van der Waals surface area contributed by atoms with Crippen molar-refractivity contribution in [2.45, 2.75) is 46.0 Å². The molecule has 3 rings (SSSR count). The second kappa shape index (κ2) is 9.11. The molecule has 0 radical (unpaired) electrons. The summed E-state index contributed by atoms with van der Waals surface area (Å²) in [4.78, 5) is 41.4. The second-order valence-electron chi connectivity index (χ2n) is 7.65. The molecular weight excluding hydrogens is 434 g/mol. The summed E-state index contributed by atoms with van der Waals surface area (Å²) in [6.45, 7) is 3.89. The van der Waals surface area contributed by atoms with E-state index in [0.29, 0.717) is 17.5 Å². The van der Waals surface area contributed by atoms with Gasteiger partial charge < -0.3 is 4.98 Å². The molecule has 0 spiro atoms. The summed E-state index contributed by atoms with van der Waals surface area (Å²) >= 11 is 0. The maximum atomic E-state index is 13.3. The first-order valence-electron chi connectivity index (χ1n) is 10.4. The van der Waals surface area contributed by atoms with Gasteiger partial charge in [-0.15, -0.1) is 9.09 Å². The van der Waals surface area contributed by atoms with Gasteiger partial charge in [-0.2, -0.15) is 5.10 Å². The monoisotopic (exact) mass is 461 g/mol. The summed E-state index contributed by atoms with van der Waals surface area (Å²) in [6.07, 6.45) is 4.96. The van der Waals surface area contributed by atoms with E-state index in [0.717, 1.165) is 35.9 Å². The van der Waals surface area contributed by atoms with Gasteiger partial charge in [0.15, 0.2) is 0 Å². The van der Waals surface area contributed by atoms with Crippen LogP contribution in [0.3, 0.4) is 0 Å². The molecule has 2 aromatic heterocycles. The van der Waals surface area contributed by atoms with Crippen LogP contribution in [0.2, 0.25) is 0 Å². The maximum Gasteiger partial charge on any atom is 0.349 e. The van der Waals surface area contributed by atoms with Crippen molar-refractivity contribution in [2.24, 2.45) is 7.05 Å². The number of benzene rings is 1. The van der Waals surface area contributed by atoms with Crippen molar-refractivity contribution in [1.82, 2.24) is 19.4 Å². The molecule has 0 bridgehead atoms. The molecule has 0 atom stereocenters. The van der Waals surface area contributed by atoms with Crippen LogP contribution in [-0.4, -0.2) is 40.0 Å². The van der Waals surface area contributed by atoms with E-state index in [-0.39, 0.29) is 21.7 Å². The summed E-state index contributed by atoms with van der Waals surface area (Å²) in [5, 5.41) is 4.26. The Hall–Kier alpha value is -3.21. The first-order chi connectivity index (χ1) is 15.1. The van der Waals surface area contributed by atoms with Crippen LogP contribution in [0, 0.1) is 0 Å². The lowest BCUT2D eigenvalue weighted by atomic mass is 10.00. The lowest BCUT2D eigenvalue weighted by molar-refractivity contribution is -0.118. The number of nitrogens with one attached hydrogen (secondary N) is 1. The van der Waals surface area contributed by atoms with Crippen molar-refractivity contribution >= 4 is 26.8 Å². The van der Waals surface area contributed by atoms with Crippen LogP contribution < -0.4 is 15.7 Å². The fourth-order valence-corrected chi connectivity index (χ4v) is 4.61. The van der Waals surface area contributed by atoms with Gasteiger partial charge in [-0.25, -0.2) is 13.2 Å². The van der Waals surface area contributed by atoms with Crippen LogP contribution in [0.5, 0.6) is 0 Å². The molecule has 0 aliphatic carbocycles. The van der Waals surface area contributed by atoms with Crippen molar-refractivity contribution in [2.75, 3.05) is 10.7 Å². The molecular formula is C21H27N5O5S. The minimum absolute atomic E-state index is 0.0907. The first kappa shape index (κ1) is 23.5. The number of aryl methyl sites for hydroxylation is 2. The first-order valence-corrected chi connectivity index (χ1v) is 12.3. The Morgan fingerprint density at radius 3 is 2.47 bits per heavy atom. The Morgan fingerprint density at radius 2 is 1.91 bits per heavy atom. The average Bonchev–Trinajstić information content (AvgIpc) is 3.15. The van der Waals surface area contributed by atoms with Crippen LogP contribution in [0.1, 0.15) is 45.1 Å². The molecule has 3 aromatic rings. The zero-order chi connectivity index (χ0) is 23.6. The second-order valence-corrected chi connectivity index (χ2v) is 9.46. The van der Waals surface area contributed by atoms with Crippen LogP contribution >= 0.6 is 0 Å². The molecule has 1 aromatic carbocycles. The summed E-state index contributed by atoms with van der Waals surface area (Å²) in [7, 11) is -2.46. The van der Waals surface area contributed by atoms with Gasteiger partial charge in [0.2, 0.25) is 0 Å². The summed E-state index contributed by atoms with van der Waals surface area (Å²) in [6, 6.07) is 5.09. The molecule has 10 nitrogen and oxygen atoms in total. The highest BCUT2D eigenvalue weighted by Gasteiger charge is 2.29. The number of hydrogen-bond acceptors (Lipinski definition) is 6. The fourth-order valence-electron chi connectivity index (χ4n) is 3.70. The third-order valence-corrected chi connectivity index (χ3v) is 6.28. The van der Waals surface area contributed by atoms with Crippen LogP contribution in [0.4, 0.5) is 0 Å². The number of rotatable bonds is 8. The SMILES string of the molecule is CCCCCC(=O)N(n1c(=O)[nH]c2cc(CC)c(-c3ccnn3C)cc2c1=O)S(C)(=O)=O. The molecule has 1 N–H and O–H groups in total. The minimum atomic E-state index is -4.23. The molecule has 0 aliphatic rings. The lowest BCUT2D eigenvalue weighted by Gasteiger charge is -2.21. The standard InChI is InChI=1S/C21H27N5O5S/c1-5-7-8-9-19(27)26(32(4,30)31)25-20(28)16-13-15(18-10-11-22-24(18)3)14(6-2)12-17(16)23-21(25)29/h10-13H,5-9H2,1-4H3,(H,23,29). The predicted molar refractivity (Wildman–Crippen MR) is 123 cm³/mol. The number of carbonyl (C=O) groups is 1. The average molecular weight is 462 g/mol. The Balaban J connectivity index is 2.28. The molecule has 0 fully saturated rings. The minimum Gasteiger partial charge on any atom is -0.305 e. The molecule has 0 saturated carbocycles. The third-order valence-electron chi connectivity index (χ3n) is 5.28. The number of sulfonamides is 1. The van der Waals surface area contributed by atoms with Gasteiger partial charge in [0, 0.05) is 25.2 Å². The van der Waals surface area contributed by atoms with Gasteiger partial charge in [0.25, 0.3) is 21.5 Å². The maximum absolute atomic E-state index is 13.3. The van der Waals surface area contributed by atoms with Crippen molar-refractivity contribution in [3.63, 3.8) is 0 Å². The number of unbranched alkanes of at least 4 members (excludes halogenated alkanes) is 2. The van der Waals surface area contributed by atoms with Crippen molar-refractivity contribution in [1.29, 1.82) is 0 Å². The summed E-state index contributed by atoms with van der Waals surface area (Å²) in [5.74, 6) is -0.829. The van der Waals surface area contributed by atoms with Gasteiger partial charge in [-0.1, -0.05) is 26.7 Å². The number of fused-ring (bicyclic) bond motifs is 1. The van der Waals surface area contributed by atoms with E-state index in [2.05, 4.69) is 10.1 Å². The quantitative estimate of drug-likeness (QED) is 0.508. The van der Waals surface area contributed by atoms with Gasteiger partial charge in [0.05, 0.1) is 22.9 Å². The van der Waals surface area contributed by atoms with E-state index in [1.165, 1.54) is 0 Å². The van der Waals surface area contributed by atoms with Crippen LogP contribution in [0.25, 0.3) is 22.2 Å². The highest BCUT2D eigenvalue weighted by molar-refractivity contribution is 7.92. The number of H-pyrrole nitrogens is 1. The van der Waals surface area contributed by atoms with Crippen molar-refractivity contribution in [3.05, 3.63) is 50.8 Å². The number of hydrogen-bond donors (Lipinski definition) is 1. The van der Waals surface area contributed by atoms with Gasteiger partial charge in [-0.3, -0.25) is 14.3 Å². The van der Waals surface area contributed by atoms with E-state index in [4.69, 9.17) is 0 Å². The summed E-state index contributed by atoms with van der Waals surface area (Å²) in [5.41, 5.74) is 0.763. The number of carbonyl (C=O) groups excluding carboxylic acids is 1. The van der Waals surface area contributed by atoms with E-state index in [9.17, 15) is 22.8 Å². The number of amides is 1. The van der Waals surface area contributed by atoms with Crippen molar-refractivity contribution < 1.29 is 13.2 Å². The van der Waals surface area contributed by atoms with E-state index < -0.39 is 27.2 Å². The zero-order valence-electron chi connectivity index (χ0n) is 18.6. The number of aromatic nitrogens is 4. The Morgan fingerprint density at radius 1 is 1.19 bits per heavy atom. The summed E-state index contributed by atoms with van der Waals surface area (Å²) < 4.78 is 27.2. The number of nitrogens with zero attached hydrogens (tertiary/aromatic N) is 4. The van der Waals surface area contributed by atoms with Crippen LogP contribution in [0.15, 0.2) is 34.0 Å².